The van der Waals surface area contributed by atoms with Crippen LogP contribution in [0.3, 0.4) is 0 Å². The quantitative estimate of drug-likeness (QED) is 0.114. The SMILES string of the molecule is O=C(O)CCOCCOCCOCCOCCOCCNC(=O)[C@H](CCC(=O)O)NC(=O)OCC1c2ccccc2-c2ccccc21. The fourth-order valence-corrected chi connectivity index (χ4v) is 4.83. The van der Waals surface area contributed by atoms with Crippen LogP contribution in [0.4, 0.5) is 4.79 Å². The van der Waals surface area contributed by atoms with E-state index in [9.17, 15) is 19.2 Å². The molecule has 1 atom stereocenters. The molecule has 0 fully saturated rings. The molecule has 2 aromatic rings. The summed E-state index contributed by atoms with van der Waals surface area (Å²) in [5, 5.41) is 22.8. The van der Waals surface area contributed by atoms with Crippen molar-refractivity contribution in [2.45, 2.75) is 31.2 Å². The highest BCUT2D eigenvalue weighted by Crippen LogP contribution is 2.44. The molecular weight excluding hydrogens is 616 g/mol. The standard InChI is InChI=1S/C33H44N2O12/c36-30(37)10-9-29(35-33(41)47-23-28-26-7-3-1-5-24(26)25-6-2-4-8-27(25)28)32(40)34-12-14-43-16-18-45-20-22-46-21-19-44-17-15-42-13-11-31(38)39/h1-8,28-29H,9-23H2,(H,34,40)(H,35,41)(H,36,37)(H,38,39)/t29-/m0/s1. The minimum atomic E-state index is -1.09. The van der Waals surface area contributed by atoms with Crippen LogP contribution >= 0.6 is 0 Å². The van der Waals surface area contributed by atoms with E-state index >= 15 is 0 Å². The topological polar surface area (TPSA) is 188 Å². The van der Waals surface area contributed by atoms with E-state index < -0.39 is 30.0 Å². The third-order valence-corrected chi connectivity index (χ3v) is 7.09. The summed E-state index contributed by atoms with van der Waals surface area (Å²) in [7, 11) is 0. The van der Waals surface area contributed by atoms with Crippen molar-refractivity contribution < 1.29 is 57.8 Å². The summed E-state index contributed by atoms with van der Waals surface area (Å²) < 4.78 is 32.2. The maximum Gasteiger partial charge on any atom is 0.407 e. The van der Waals surface area contributed by atoms with Gasteiger partial charge in [-0.15, -0.1) is 0 Å². The first-order valence-electron chi connectivity index (χ1n) is 15.6. The first kappa shape index (κ1) is 37.4. The molecule has 2 amide bonds. The van der Waals surface area contributed by atoms with Crippen LogP contribution in [0.1, 0.15) is 36.3 Å². The highest BCUT2D eigenvalue weighted by Gasteiger charge is 2.30. The first-order chi connectivity index (χ1) is 22.9. The van der Waals surface area contributed by atoms with E-state index in [1.807, 2.05) is 48.5 Å². The molecule has 4 N–H and O–H groups in total. The third kappa shape index (κ3) is 14.1. The predicted molar refractivity (Wildman–Crippen MR) is 168 cm³/mol. The average molecular weight is 661 g/mol. The smallest absolute Gasteiger partial charge is 0.407 e. The number of nitrogens with one attached hydrogen (secondary N) is 2. The van der Waals surface area contributed by atoms with Crippen molar-refractivity contribution in [1.29, 1.82) is 0 Å². The summed E-state index contributed by atoms with van der Waals surface area (Å²) in [6.45, 7) is 3.39. The lowest BCUT2D eigenvalue weighted by atomic mass is 9.98. The van der Waals surface area contributed by atoms with Crippen LogP contribution < -0.4 is 10.6 Å². The molecular formula is C33H44N2O12. The molecule has 0 bridgehead atoms. The number of aliphatic carboxylic acids is 2. The third-order valence-electron chi connectivity index (χ3n) is 7.09. The Kier molecular flexibility index (Phi) is 17.2. The zero-order valence-corrected chi connectivity index (χ0v) is 26.4. The maximum absolute atomic E-state index is 12.8. The lowest BCUT2D eigenvalue weighted by Gasteiger charge is -2.19. The number of hydrogen-bond donors (Lipinski definition) is 4. The van der Waals surface area contributed by atoms with Gasteiger partial charge in [0.25, 0.3) is 0 Å². The number of carbonyl (C=O) groups excluding carboxylic acids is 2. The van der Waals surface area contributed by atoms with E-state index in [1.54, 1.807) is 0 Å². The normalized spacial score (nSPS) is 12.6. The number of carboxylic acids is 2. The fraction of sp³-hybridized carbons (Fsp3) is 0.515. The molecule has 1 aliphatic carbocycles. The van der Waals surface area contributed by atoms with Gasteiger partial charge in [0, 0.05) is 18.9 Å². The van der Waals surface area contributed by atoms with Gasteiger partial charge in [-0.1, -0.05) is 48.5 Å². The van der Waals surface area contributed by atoms with E-state index in [0.29, 0.717) is 52.9 Å². The van der Waals surface area contributed by atoms with Crippen molar-refractivity contribution >= 4 is 23.9 Å². The van der Waals surface area contributed by atoms with Gasteiger partial charge in [-0.25, -0.2) is 4.79 Å². The van der Waals surface area contributed by atoms with Crippen LogP contribution in [-0.4, -0.2) is 119 Å². The molecule has 0 heterocycles. The summed E-state index contributed by atoms with van der Waals surface area (Å²) in [6, 6.07) is 14.8. The molecule has 0 aromatic heterocycles. The lowest BCUT2D eigenvalue weighted by molar-refractivity contribution is -0.139. The summed E-state index contributed by atoms with van der Waals surface area (Å²) >= 11 is 0. The van der Waals surface area contributed by atoms with E-state index in [4.69, 9.17) is 38.6 Å². The number of carbonyl (C=O) groups is 4. The summed E-state index contributed by atoms with van der Waals surface area (Å²) in [5.74, 6) is -2.67. The molecule has 0 saturated carbocycles. The van der Waals surface area contributed by atoms with Gasteiger partial charge in [0.05, 0.1) is 72.5 Å². The van der Waals surface area contributed by atoms with Crippen LogP contribution in [0.2, 0.25) is 0 Å². The van der Waals surface area contributed by atoms with Crippen LogP contribution in [0.5, 0.6) is 0 Å². The molecule has 1 aliphatic rings. The molecule has 14 heteroatoms. The second kappa shape index (κ2) is 21.7. The molecule has 0 aliphatic heterocycles. The molecule has 0 radical (unpaired) electrons. The Labute approximate surface area is 273 Å². The van der Waals surface area contributed by atoms with Crippen molar-refractivity contribution in [3.63, 3.8) is 0 Å². The summed E-state index contributed by atoms with van der Waals surface area (Å²) in [6.07, 6.45) is -1.25. The summed E-state index contributed by atoms with van der Waals surface area (Å²) in [5.41, 5.74) is 4.29. The second-order valence-electron chi connectivity index (χ2n) is 10.5. The highest BCUT2D eigenvalue weighted by atomic mass is 16.6. The van der Waals surface area contributed by atoms with Crippen molar-refractivity contribution in [2.24, 2.45) is 0 Å². The average Bonchev–Trinajstić information content (AvgIpc) is 3.38. The monoisotopic (exact) mass is 660 g/mol. The van der Waals surface area contributed by atoms with E-state index in [1.165, 1.54) is 0 Å². The Morgan fingerprint density at radius 1 is 0.638 bits per heavy atom. The second-order valence-corrected chi connectivity index (χ2v) is 10.5. The fourth-order valence-electron chi connectivity index (χ4n) is 4.83. The minimum Gasteiger partial charge on any atom is -0.481 e. The lowest BCUT2D eigenvalue weighted by Crippen LogP contribution is -2.48. The van der Waals surface area contributed by atoms with Crippen LogP contribution in [0.15, 0.2) is 48.5 Å². The Balaban J connectivity index is 1.24. The molecule has 258 valence electrons. The number of ether oxygens (including phenoxy) is 6. The Hall–Kier alpha value is -4.08. The van der Waals surface area contributed by atoms with E-state index in [2.05, 4.69) is 10.6 Å². The Bertz CT molecular complexity index is 1230. The Morgan fingerprint density at radius 3 is 1.62 bits per heavy atom. The number of fused-ring (bicyclic) bond motifs is 3. The van der Waals surface area contributed by atoms with Crippen LogP contribution in [-0.2, 0) is 42.8 Å². The van der Waals surface area contributed by atoms with Gasteiger partial charge >= 0.3 is 18.0 Å². The van der Waals surface area contributed by atoms with Gasteiger partial charge in [0.2, 0.25) is 5.91 Å². The molecule has 0 saturated heterocycles. The zero-order chi connectivity index (χ0) is 33.7. The molecule has 3 rings (SSSR count). The molecule has 47 heavy (non-hydrogen) atoms. The van der Waals surface area contributed by atoms with E-state index in [0.717, 1.165) is 22.3 Å². The van der Waals surface area contributed by atoms with Crippen molar-refractivity contribution in [1.82, 2.24) is 10.6 Å². The number of rotatable bonds is 25. The van der Waals surface area contributed by atoms with Gasteiger partial charge in [-0.2, -0.15) is 0 Å². The molecule has 0 unspecified atom stereocenters. The number of carboxylic acid groups (broad SMARTS) is 2. The van der Waals surface area contributed by atoms with Crippen LogP contribution in [0, 0.1) is 0 Å². The van der Waals surface area contributed by atoms with Gasteiger partial charge in [0.15, 0.2) is 0 Å². The maximum atomic E-state index is 12.8. The van der Waals surface area contributed by atoms with Crippen molar-refractivity contribution in [2.75, 3.05) is 79.2 Å². The number of amides is 2. The van der Waals surface area contributed by atoms with E-state index in [-0.39, 0.29) is 51.5 Å². The predicted octanol–water partition coefficient (Wildman–Crippen LogP) is 2.43. The zero-order valence-electron chi connectivity index (χ0n) is 26.4. The Morgan fingerprint density at radius 2 is 1.11 bits per heavy atom. The first-order valence-corrected chi connectivity index (χ1v) is 15.6. The number of hydrogen-bond acceptors (Lipinski definition) is 10. The minimum absolute atomic E-state index is 0.0352. The summed E-state index contributed by atoms with van der Waals surface area (Å²) in [4.78, 5) is 47.0. The molecule has 2 aromatic carbocycles. The van der Waals surface area contributed by atoms with Crippen LogP contribution in [0.25, 0.3) is 11.1 Å². The van der Waals surface area contributed by atoms with Gasteiger partial charge in [-0.05, 0) is 28.7 Å². The van der Waals surface area contributed by atoms with Gasteiger partial charge in [-0.3, -0.25) is 14.4 Å². The number of alkyl carbamates (subject to hydrolysis) is 1. The van der Waals surface area contributed by atoms with Gasteiger partial charge < -0.3 is 49.3 Å². The van der Waals surface area contributed by atoms with Crippen molar-refractivity contribution in [3.8, 4) is 11.1 Å². The number of benzene rings is 2. The largest absolute Gasteiger partial charge is 0.481 e. The molecule has 14 nitrogen and oxygen atoms in total. The highest BCUT2D eigenvalue weighted by molar-refractivity contribution is 5.86. The molecule has 0 spiro atoms. The van der Waals surface area contributed by atoms with Gasteiger partial charge in [0.1, 0.15) is 12.6 Å². The van der Waals surface area contributed by atoms with Crippen molar-refractivity contribution in [3.05, 3.63) is 59.7 Å².